The van der Waals surface area contributed by atoms with E-state index in [1.54, 1.807) is 20.2 Å². The van der Waals surface area contributed by atoms with Gasteiger partial charge in [0.05, 0.1) is 22.8 Å². The minimum absolute atomic E-state index is 0.0668. The Balaban J connectivity index is 1.94. The Labute approximate surface area is 192 Å². The third-order valence-corrected chi connectivity index (χ3v) is 6.54. The molecule has 0 aromatic heterocycles. The van der Waals surface area contributed by atoms with Crippen LogP contribution >= 0.6 is 22.6 Å². The van der Waals surface area contributed by atoms with Gasteiger partial charge in [-0.05, 0) is 65.1 Å². The van der Waals surface area contributed by atoms with Crippen LogP contribution < -0.4 is 4.74 Å². The minimum atomic E-state index is -0.524. The van der Waals surface area contributed by atoms with Gasteiger partial charge in [-0.3, -0.25) is 4.79 Å². The molecule has 0 radical (unpaired) electrons. The zero-order valence-corrected chi connectivity index (χ0v) is 20.2. The Morgan fingerprint density at radius 2 is 2.03 bits per heavy atom. The van der Waals surface area contributed by atoms with E-state index in [1.165, 1.54) is 5.56 Å². The van der Waals surface area contributed by atoms with Crippen LogP contribution in [-0.2, 0) is 25.5 Å². The van der Waals surface area contributed by atoms with Crippen LogP contribution in [-0.4, -0.2) is 49.6 Å². The third kappa shape index (κ3) is 4.82. The van der Waals surface area contributed by atoms with Gasteiger partial charge in [0.2, 0.25) is 0 Å². The van der Waals surface area contributed by atoms with E-state index in [0.717, 1.165) is 27.7 Å². The van der Waals surface area contributed by atoms with Crippen LogP contribution in [0.2, 0.25) is 0 Å². The SMILES string of the molecule is CCOC(=O)C1=CN2C(CC1=O)c1cc(I)c(OCCCOC)cc1CC2C(C)C. The summed E-state index contributed by atoms with van der Waals surface area (Å²) in [5.41, 5.74) is 2.53. The van der Waals surface area contributed by atoms with E-state index in [-0.39, 0.29) is 36.5 Å². The second kappa shape index (κ2) is 10.1. The molecule has 30 heavy (non-hydrogen) atoms. The average molecular weight is 527 g/mol. The molecular weight excluding hydrogens is 497 g/mol. The smallest absolute Gasteiger partial charge is 0.343 e. The number of Topliss-reactive ketones (excluding diaryl/α,β-unsaturated/α-hetero) is 1. The lowest BCUT2D eigenvalue weighted by molar-refractivity contribution is -0.140. The second-order valence-electron chi connectivity index (χ2n) is 8.05. The summed E-state index contributed by atoms with van der Waals surface area (Å²) in [7, 11) is 1.69. The topological polar surface area (TPSA) is 65.1 Å². The van der Waals surface area contributed by atoms with Crippen molar-refractivity contribution in [3.63, 3.8) is 0 Å². The number of carbonyl (C=O) groups excluding carboxylic acids is 2. The van der Waals surface area contributed by atoms with Crippen molar-refractivity contribution in [3.8, 4) is 5.75 Å². The molecule has 2 unspecified atom stereocenters. The molecule has 0 N–H and O–H groups in total. The molecule has 3 rings (SSSR count). The van der Waals surface area contributed by atoms with Crippen molar-refractivity contribution >= 4 is 34.3 Å². The molecule has 0 saturated carbocycles. The third-order valence-electron chi connectivity index (χ3n) is 5.70. The number of benzene rings is 1. The van der Waals surface area contributed by atoms with Gasteiger partial charge in [-0.15, -0.1) is 0 Å². The number of rotatable bonds is 8. The zero-order chi connectivity index (χ0) is 21.8. The molecule has 2 aliphatic heterocycles. The van der Waals surface area contributed by atoms with Crippen molar-refractivity contribution in [1.82, 2.24) is 4.90 Å². The van der Waals surface area contributed by atoms with Gasteiger partial charge in [0.15, 0.2) is 5.78 Å². The minimum Gasteiger partial charge on any atom is -0.492 e. The highest BCUT2D eigenvalue weighted by atomic mass is 127. The number of carbonyl (C=O) groups is 2. The number of hydrogen-bond donors (Lipinski definition) is 0. The Bertz CT molecular complexity index is 835. The predicted molar refractivity (Wildman–Crippen MR) is 122 cm³/mol. The quantitative estimate of drug-likeness (QED) is 0.220. The fraction of sp³-hybridized carbons (Fsp3) is 0.565. The van der Waals surface area contributed by atoms with E-state index in [9.17, 15) is 9.59 Å². The maximum atomic E-state index is 12.8. The summed E-state index contributed by atoms with van der Waals surface area (Å²) in [4.78, 5) is 27.3. The molecule has 1 aromatic carbocycles. The summed E-state index contributed by atoms with van der Waals surface area (Å²) in [6, 6.07) is 4.39. The number of ketones is 1. The monoisotopic (exact) mass is 527 g/mol. The number of ether oxygens (including phenoxy) is 3. The second-order valence-corrected chi connectivity index (χ2v) is 9.21. The molecule has 0 amide bonds. The summed E-state index contributed by atoms with van der Waals surface area (Å²) in [5, 5.41) is 0. The first-order valence-electron chi connectivity index (χ1n) is 10.5. The summed E-state index contributed by atoms with van der Waals surface area (Å²) < 4.78 is 17.2. The van der Waals surface area contributed by atoms with E-state index in [2.05, 4.69) is 53.5 Å². The maximum absolute atomic E-state index is 12.8. The van der Waals surface area contributed by atoms with Crippen LogP contribution in [0.5, 0.6) is 5.75 Å². The lowest BCUT2D eigenvalue weighted by Crippen LogP contribution is -2.47. The molecular formula is C23H30INO5. The first-order valence-corrected chi connectivity index (χ1v) is 11.6. The standard InChI is InChI=1S/C23H30INO5/c1-5-29-23(27)17-13-25-19(14(2)3)9-15-10-22(30-8-6-7-28-4)18(24)11-16(15)20(25)12-21(17)26/h10-11,13-14,19-20H,5-9,12H2,1-4H3. The molecule has 2 aliphatic rings. The van der Waals surface area contributed by atoms with Crippen molar-refractivity contribution in [3.05, 3.63) is 38.6 Å². The predicted octanol–water partition coefficient (Wildman–Crippen LogP) is 4.05. The molecule has 6 nitrogen and oxygen atoms in total. The Kier molecular flexibility index (Phi) is 7.79. The molecule has 1 aromatic rings. The summed E-state index contributed by atoms with van der Waals surface area (Å²) in [5.74, 6) is 0.564. The van der Waals surface area contributed by atoms with Crippen molar-refractivity contribution in [2.24, 2.45) is 5.92 Å². The average Bonchev–Trinajstić information content (AvgIpc) is 2.70. The fourth-order valence-corrected chi connectivity index (χ4v) is 4.83. The van der Waals surface area contributed by atoms with Crippen molar-refractivity contribution in [2.75, 3.05) is 26.9 Å². The van der Waals surface area contributed by atoms with Crippen LogP contribution in [0.4, 0.5) is 0 Å². The van der Waals surface area contributed by atoms with Crippen LogP contribution in [0.15, 0.2) is 23.9 Å². The van der Waals surface area contributed by atoms with E-state index in [1.807, 2.05) is 0 Å². The van der Waals surface area contributed by atoms with Crippen LogP contribution in [0.3, 0.4) is 0 Å². The number of esters is 1. The van der Waals surface area contributed by atoms with Gasteiger partial charge < -0.3 is 19.1 Å². The highest BCUT2D eigenvalue weighted by Crippen LogP contribution is 2.43. The maximum Gasteiger partial charge on any atom is 0.343 e. The van der Waals surface area contributed by atoms with E-state index in [4.69, 9.17) is 14.2 Å². The Hall–Kier alpha value is -1.61. The van der Waals surface area contributed by atoms with Gasteiger partial charge in [-0.1, -0.05) is 13.8 Å². The lowest BCUT2D eigenvalue weighted by Gasteiger charge is -2.46. The number of hydrogen-bond acceptors (Lipinski definition) is 6. The number of fused-ring (bicyclic) bond motifs is 3. The highest BCUT2D eigenvalue weighted by Gasteiger charge is 2.41. The summed E-state index contributed by atoms with van der Waals surface area (Å²) >= 11 is 2.29. The first-order chi connectivity index (χ1) is 14.4. The summed E-state index contributed by atoms with van der Waals surface area (Å²) in [6.07, 6.45) is 3.70. The van der Waals surface area contributed by atoms with Gasteiger partial charge in [0, 0.05) is 38.8 Å². The van der Waals surface area contributed by atoms with E-state index >= 15 is 0 Å². The van der Waals surface area contributed by atoms with E-state index in [0.29, 0.717) is 19.1 Å². The van der Waals surface area contributed by atoms with Crippen LogP contribution in [0, 0.1) is 9.49 Å². The molecule has 2 atom stereocenters. The normalized spacial score (nSPS) is 20.5. The van der Waals surface area contributed by atoms with E-state index < -0.39 is 5.97 Å². The number of methoxy groups -OCH3 is 1. The van der Waals surface area contributed by atoms with Crippen molar-refractivity contribution in [1.29, 1.82) is 0 Å². The van der Waals surface area contributed by atoms with Crippen LogP contribution in [0.1, 0.15) is 50.8 Å². The molecule has 0 aliphatic carbocycles. The molecule has 0 fully saturated rings. The highest BCUT2D eigenvalue weighted by molar-refractivity contribution is 14.1. The molecule has 0 bridgehead atoms. The first kappa shape index (κ1) is 23.1. The molecule has 0 spiro atoms. The molecule has 164 valence electrons. The fourth-order valence-electron chi connectivity index (χ4n) is 4.18. The largest absolute Gasteiger partial charge is 0.492 e. The van der Waals surface area contributed by atoms with Crippen LogP contribution in [0.25, 0.3) is 0 Å². The number of nitrogens with zero attached hydrogens (tertiary/aromatic N) is 1. The van der Waals surface area contributed by atoms with Crippen molar-refractivity contribution in [2.45, 2.75) is 52.1 Å². The van der Waals surface area contributed by atoms with Gasteiger partial charge >= 0.3 is 5.97 Å². The zero-order valence-electron chi connectivity index (χ0n) is 18.1. The van der Waals surface area contributed by atoms with Gasteiger partial charge in [0.1, 0.15) is 11.3 Å². The van der Waals surface area contributed by atoms with Gasteiger partial charge in [-0.25, -0.2) is 4.79 Å². The molecule has 0 saturated heterocycles. The van der Waals surface area contributed by atoms with Crippen molar-refractivity contribution < 1.29 is 23.8 Å². The Morgan fingerprint density at radius 3 is 2.70 bits per heavy atom. The Morgan fingerprint density at radius 1 is 1.27 bits per heavy atom. The van der Waals surface area contributed by atoms with Gasteiger partial charge in [0.25, 0.3) is 0 Å². The number of halogens is 1. The van der Waals surface area contributed by atoms with Gasteiger partial charge in [-0.2, -0.15) is 0 Å². The molecule has 2 heterocycles. The lowest BCUT2D eigenvalue weighted by atomic mass is 9.80. The summed E-state index contributed by atoms with van der Waals surface area (Å²) in [6.45, 7) is 7.64. The molecule has 7 heteroatoms.